The maximum Gasteiger partial charge on any atom is 0.246 e. The topological polar surface area (TPSA) is 66.9 Å². The Hall–Kier alpha value is -2.52. The molecule has 4 rings (SSSR count). The van der Waals surface area contributed by atoms with E-state index in [9.17, 15) is 22.0 Å². The fourth-order valence-corrected chi connectivity index (χ4v) is 5.21. The number of hydrogen-bond acceptors (Lipinski definition) is 4. The predicted molar refractivity (Wildman–Crippen MR) is 101 cm³/mol. The molecule has 0 bridgehead atoms. The summed E-state index contributed by atoms with van der Waals surface area (Å²) in [5.74, 6) is -1.45. The van der Waals surface area contributed by atoms with Gasteiger partial charge in [0.25, 0.3) is 0 Å². The standard InChI is InChI=1S/C20H20F2N2O4S/c21-16-5-6-17(22)19(12-16)29(26,27)24-9-7-23(8-10-24)20(25)15-11-14-3-1-2-4-18(14)28-13-15/h1-6,12,15H,7-11,13H2. The van der Waals surface area contributed by atoms with Crippen molar-refractivity contribution in [2.75, 3.05) is 32.8 Å². The van der Waals surface area contributed by atoms with Crippen LogP contribution in [-0.2, 0) is 21.2 Å². The number of amides is 1. The highest BCUT2D eigenvalue weighted by atomic mass is 32.2. The summed E-state index contributed by atoms with van der Waals surface area (Å²) in [7, 11) is -4.17. The molecule has 154 valence electrons. The van der Waals surface area contributed by atoms with Crippen LogP contribution >= 0.6 is 0 Å². The van der Waals surface area contributed by atoms with Crippen LogP contribution in [-0.4, -0.2) is 56.3 Å². The highest BCUT2D eigenvalue weighted by molar-refractivity contribution is 7.89. The second kappa shape index (κ2) is 7.72. The van der Waals surface area contributed by atoms with Crippen molar-refractivity contribution in [1.82, 2.24) is 9.21 Å². The van der Waals surface area contributed by atoms with E-state index in [1.54, 1.807) is 4.90 Å². The molecule has 9 heteroatoms. The second-order valence-corrected chi connectivity index (χ2v) is 9.03. The smallest absolute Gasteiger partial charge is 0.246 e. The van der Waals surface area contributed by atoms with Crippen molar-refractivity contribution in [2.24, 2.45) is 5.92 Å². The van der Waals surface area contributed by atoms with Gasteiger partial charge in [-0.05, 0) is 36.2 Å². The van der Waals surface area contributed by atoms with E-state index in [0.717, 1.165) is 27.8 Å². The lowest BCUT2D eigenvalue weighted by molar-refractivity contribution is -0.138. The van der Waals surface area contributed by atoms with Gasteiger partial charge in [-0.25, -0.2) is 17.2 Å². The van der Waals surface area contributed by atoms with Crippen LogP contribution in [0.1, 0.15) is 5.56 Å². The molecule has 2 aliphatic rings. The van der Waals surface area contributed by atoms with Gasteiger partial charge in [-0.3, -0.25) is 4.79 Å². The summed E-state index contributed by atoms with van der Waals surface area (Å²) in [6.07, 6.45) is 0.571. The number of sulfonamides is 1. The number of fused-ring (bicyclic) bond motifs is 1. The zero-order valence-electron chi connectivity index (χ0n) is 15.6. The van der Waals surface area contributed by atoms with E-state index in [4.69, 9.17) is 4.74 Å². The van der Waals surface area contributed by atoms with Crippen LogP contribution in [0.5, 0.6) is 5.75 Å². The summed E-state index contributed by atoms with van der Waals surface area (Å²) >= 11 is 0. The fraction of sp³-hybridized carbons (Fsp3) is 0.350. The SMILES string of the molecule is O=C(C1COc2ccccc2C1)N1CCN(S(=O)(=O)c2cc(F)ccc2F)CC1. The Kier molecular flexibility index (Phi) is 5.26. The first-order valence-corrected chi connectivity index (χ1v) is 10.7. The van der Waals surface area contributed by atoms with Crippen molar-refractivity contribution in [3.63, 3.8) is 0 Å². The zero-order chi connectivity index (χ0) is 20.6. The number of ether oxygens (including phenoxy) is 1. The van der Waals surface area contributed by atoms with Gasteiger partial charge in [-0.1, -0.05) is 18.2 Å². The predicted octanol–water partition coefficient (Wildman–Crippen LogP) is 2.05. The maximum atomic E-state index is 13.9. The molecule has 1 saturated heterocycles. The number of benzene rings is 2. The van der Waals surface area contributed by atoms with E-state index in [1.165, 1.54) is 0 Å². The summed E-state index contributed by atoms with van der Waals surface area (Å²) in [6, 6.07) is 9.90. The van der Waals surface area contributed by atoms with Gasteiger partial charge in [0, 0.05) is 26.2 Å². The van der Waals surface area contributed by atoms with E-state index in [-0.39, 0.29) is 44.6 Å². The summed E-state index contributed by atoms with van der Waals surface area (Å²) in [5, 5.41) is 0. The van der Waals surface area contributed by atoms with Crippen molar-refractivity contribution in [3.05, 3.63) is 59.7 Å². The van der Waals surface area contributed by atoms with Gasteiger partial charge in [-0.2, -0.15) is 4.31 Å². The maximum absolute atomic E-state index is 13.9. The molecule has 2 heterocycles. The van der Waals surface area contributed by atoms with E-state index in [2.05, 4.69) is 0 Å². The molecular weight excluding hydrogens is 402 g/mol. The Labute approximate surface area is 167 Å². The number of piperazine rings is 1. The minimum Gasteiger partial charge on any atom is -0.492 e. The third-order valence-corrected chi connectivity index (χ3v) is 7.20. The molecule has 0 aromatic heterocycles. The summed E-state index contributed by atoms with van der Waals surface area (Å²) < 4.78 is 59.5. The van der Waals surface area contributed by atoms with Crippen molar-refractivity contribution >= 4 is 15.9 Å². The number of para-hydroxylation sites is 1. The Morgan fingerprint density at radius 2 is 1.76 bits per heavy atom. The number of nitrogens with zero attached hydrogens (tertiary/aromatic N) is 2. The first-order valence-electron chi connectivity index (χ1n) is 9.31. The van der Waals surface area contributed by atoms with E-state index in [1.807, 2.05) is 24.3 Å². The highest BCUT2D eigenvalue weighted by Gasteiger charge is 2.35. The third kappa shape index (κ3) is 3.84. The Bertz CT molecular complexity index is 1040. The second-order valence-electron chi connectivity index (χ2n) is 7.12. The van der Waals surface area contributed by atoms with Crippen LogP contribution in [0.4, 0.5) is 8.78 Å². The molecule has 29 heavy (non-hydrogen) atoms. The van der Waals surface area contributed by atoms with Crippen LogP contribution in [0.25, 0.3) is 0 Å². The van der Waals surface area contributed by atoms with Crippen molar-refractivity contribution < 1.29 is 26.7 Å². The Balaban J connectivity index is 1.42. The average Bonchev–Trinajstić information content (AvgIpc) is 2.74. The Morgan fingerprint density at radius 3 is 2.52 bits per heavy atom. The third-order valence-electron chi connectivity index (χ3n) is 5.29. The van der Waals surface area contributed by atoms with Crippen LogP contribution in [0.3, 0.4) is 0 Å². The summed E-state index contributed by atoms with van der Waals surface area (Å²) in [5.41, 5.74) is 0.972. The van der Waals surface area contributed by atoms with Gasteiger partial charge >= 0.3 is 0 Å². The molecule has 6 nitrogen and oxygen atoms in total. The van der Waals surface area contributed by atoms with Gasteiger partial charge in [0.15, 0.2) is 0 Å². The number of hydrogen-bond donors (Lipinski definition) is 0. The largest absolute Gasteiger partial charge is 0.492 e. The van der Waals surface area contributed by atoms with E-state index in [0.29, 0.717) is 12.5 Å². The summed E-state index contributed by atoms with van der Waals surface area (Å²) in [6.45, 7) is 0.700. The van der Waals surface area contributed by atoms with E-state index < -0.39 is 26.6 Å². The molecule has 1 atom stereocenters. The average molecular weight is 422 g/mol. The molecule has 1 unspecified atom stereocenters. The summed E-state index contributed by atoms with van der Waals surface area (Å²) in [4.78, 5) is 13.8. The lowest BCUT2D eigenvalue weighted by Crippen LogP contribution is -2.53. The minimum atomic E-state index is -4.17. The molecule has 2 aromatic carbocycles. The monoisotopic (exact) mass is 422 g/mol. The zero-order valence-corrected chi connectivity index (χ0v) is 16.4. The highest BCUT2D eigenvalue weighted by Crippen LogP contribution is 2.28. The van der Waals surface area contributed by atoms with E-state index >= 15 is 0 Å². The molecule has 2 aromatic rings. The van der Waals surface area contributed by atoms with Crippen LogP contribution < -0.4 is 4.74 Å². The van der Waals surface area contributed by atoms with Crippen molar-refractivity contribution in [2.45, 2.75) is 11.3 Å². The number of carbonyl (C=O) groups is 1. The fourth-order valence-electron chi connectivity index (χ4n) is 3.71. The van der Waals surface area contributed by atoms with Gasteiger partial charge in [0.05, 0.1) is 5.92 Å². The molecule has 0 N–H and O–H groups in total. The first kappa shape index (κ1) is 19.8. The molecule has 0 aliphatic carbocycles. The molecule has 0 spiro atoms. The van der Waals surface area contributed by atoms with Crippen molar-refractivity contribution in [3.8, 4) is 5.75 Å². The van der Waals surface area contributed by atoms with Crippen LogP contribution in [0.2, 0.25) is 0 Å². The molecule has 0 radical (unpaired) electrons. The number of carbonyl (C=O) groups excluding carboxylic acids is 1. The molecule has 0 saturated carbocycles. The van der Waals surface area contributed by atoms with Gasteiger partial charge < -0.3 is 9.64 Å². The molecule has 1 fully saturated rings. The van der Waals surface area contributed by atoms with Crippen LogP contribution in [0, 0.1) is 17.6 Å². The van der Waals surface area contributed by atoms with Crippen molar-refractivity contribution in [1.29, 1.82) is 0 Å². The van der Waals surface area contributed by atoms with Gasteiger partial charge in [-0.15, -0.1) is 0 Å². The lowest BCUT2D eigenvalue weighted by Gasteiger charge is -2.36. The number of rotatable bonds is 3. The van der Waals surface area contributed by atoms with Gasteiger partial charge in [0.1, 0.15) is 28.9 Å². The Morgan fingerprint density at radius 1 is 1.03 bits per heavy atom. The minimum absolute atomic E-state index is 0.0220. The number of halogens is 2. The molecule has 1 amide bonds. The quantitative estimate of drug-likeness (QED) is 0.760. The normalized spacial score (nSPS) is 20.1. The molecular formula is C20H20F2N2O4S. The molecule has 2 aliphatic heterocycles. The van der Waals surface area contributed by atoms with Gasteiger partial charge in [0.2, 0.25) is 15.9 Å². The van der Waals surface area contributed by atoms with Crippen LogP contribution in [0.15, 0.2) is 47.4 Å². The first-order chi connectivity index (χ1) is 13.9. The lowest BCUT2D eigenvalue weighted by atomic mass is 9.95.